The highest BCUT2D eigenvalue weighted by atomic mass is 32.2. The Morgan fingerprint density at radius 1 is 0.975 bits per heavy atom. The van der Waals surface area contributed by atoms with Gasteiger partial charge in [-0.2, -0.15) is 0 Å². The molecule has 0 bridgehead atoms. The monoisotopic (exact) mass is 565 g/mol. The predicted octanol–water partition coefficient (Wildman–Crippen LogP) is 5.47. The highest BCUT2D eigenvalue weighted by molar-refractivity contribution is 8.03. The maximum absolute atomic E-state index is 12.0. The number of carboxylic acids is 1. The first-order chi connectivity index (χ1) is 19.3. The Morgan fingerprint density at radius 3 is 2.27 bits per heavy atom. The van der Waals surface area contributed by atoms with Gasteiger partial charge in [-0.1, -0.05) is 6.07 Å². The lowest BCUT2D eigenvalue weighted by Crippen LogP contribution is -1.99. The first kappa shape index (κ1) is 28.0. The highest BCUT2D eigenvalue weighted by Gasteiger charge is 2.18. The lowest BCUT2D eigenvalue weighted by atomic mass is 10.2. The summed E-state index contributed by atoms with van der Waals surface area (Å²) in [6.45, 7) is 0.151. The van der Waals surface area contributed by atoms with Gasteiger partial charge in [-0.05, 0) is 65.4 Å². The topological polar surface area (TPSA) is 156 Å². The van der Waals surface area contributed by atoms with Crippen LogP contribution in [0.25, 0.3) is 17.5 Å². The average molecular weight is 566 g/mol. The Bertz CT molecular complexity index is 1530. The van der Waals surface area contributed by atoms with Crippen molar-refractivity contribution in [2.75, 3.05) is 21.3 Å². The van der Waals surface area contributed by atoms with E-state index in [1.54, 1.807) is 48.5 Å². The minimum absolute atomic E-state index is 0.0122. The molecule has 0 aliphatic rings. The van der Waals surface area contributed by atoms with E-state index in [9.17, 15) is 20.0 Å². The van der Waals surface area contributed by atoms with Gasteiger partial charge in [0.2, 0.25) is 5.89 Å². The van der Waals surface area contributed by atoms with E-state index in [2.05, 4.69) is 10.2 Å². The number of thioether (sulfide) groups is 1. The Balaban J connectivity index is 1.50. The van der Waals surface area contributed by atoms with Gasteiger partial charge in [-0.25, -0.2) is 4.79 Å². The largest absolute Gasteiger partial charge is 0.497 e. The molecular weight excluding hydrogens is 542 g/mol. The average Bonchev–Trinajstić information content (AvgIpc) is 3.44. The summed E-state index contributed by atoms with van der Waals surface area (Å²) in [5.41, 5.74) is 1.79. The number of carbonyl (C=O) groups is 1. The molecule has 206 valence electrons. The molecule has 13 heteroatoms. The van der Waals surface area contributed by atoms with Crippen LogP contribution in [0.4, 0.5) is 5.69 Å². The Hall–Kier alpha value is -5.04. The van der Waals surface area contributed by atoms with Crippen molar-refractivity contribution < 1.29 is 38.2 Å². The van der Waals surface area contributed by atoms with E-state index in [4.69, 9.17) is 23.4 Å². The SMILES string of the molecule is COc1cc(OC)cc(-c2nnc(S/C(=C\c3ccc(OCc4ccc([N+](=O)[O-])cc4)c(OC)c3)C(=O)O)o2)c1. The van der Waals surface area contributed by atoms with Crippen molar-refractivity contribution in [3.05, 3.63) is 86.8 Å². The number of nitro benzene ring substituents is 1. The fourth-order valence-corrected chi connectivity index (χ4v) is 4.12. The zero-order valence-electron chi connectivity index (χ0n) is 21.5. The summed E-state index contributed by atoms with van der Waals surface area (Å²) in [5.74, 6) is 0.824. The van der Waals surface area contributed by atoms with Crippen molar-refractivity contribution in [1.29, 1.82) is 0 Å². The van der Waals surface area contributed by atoms with Gasteiger partial charge in [0.1, 0.15) is 23.0 Å². The number of aliphatic carboxylic acids is 1. The molecule has 0 amide bonds. The maximum atomic E-state index is 12.0. The fraction of sp³-hybridized carbons (Fsp3) is 0.148. The lowest BCUT2D eigenvalue weighted by Gasteiger charge is -2.11. The van der Waals surface area contributed by atoms with E-state index in [0.717, 1.165) is 17.3 Å². The summed E-state index contributed by atoms with van der Waals surface area (Å²) >= 11 is 0.794. The van der Waals surface area contributed by atoms with Gasteiger partial charge in [-0.3, -0.25) is 10.1 Å². The van der Waals surface area contributed by atoms with Crippen LogP contribution < -0.4 is 18.9 Å². The zero-order chi connectivity index (χ0) is 28.6. The summed E-state index contributed by atoms with van der Waals surface area (Å²) < 4.78 is 27.4. The number of methoxy groups -OCH3 is 3. The first-order valence-corrected chi connectivity index (χ1v) is 12.3. The minimum Gasteiger partial charge on any atom is -0.497 e. The second-order valence-electron chi connectivity index (χ2n) is 8.01. The Kier molecular flexibility index (Phi) is 8.86. The van der Waals surface area contributed by atoms with Gasteiger partial charge in [0.25, 0.3) is 10.9 Å². The molecule has 40 heavy (non-hydrogen) atoms. The maximum Gasteiger partial charge on any atom is 0.342 e. The van der Waals surface area contributed by atoms with Gasteiger partial charge in [0, 0.05) is 23.8 Å². The molecule has 0 radical (unpaired) electrons. The summed E-state index contributed by atoms with van der Waals surface area (Å²) in [6.07, 6.45) is 1.44. The number of benzene rings is 3. The van der Waals surface area contributed by atoms with Crippen LogP contribution in [0.5, 0.6) is 23.0 Å². The molecule has 0 atom stereocenters. The standard InChI is InChI=1S/C27H23N3O9S/c1-35-20-12-18(13-21(14-20)36-2)25-28-29-27(39-25)40-24(26(31)32)11-17-6-9-22(23(10-17)37-3)38-15-16-4-7-19(8-5-16)30(33)34/h4-14H,15H2,1-3H3,(H,31,32)/b24-11-. The molecule has 1 N–H and O–H groups in total. The number of non-ortho nitro benzene ring substituents is 1. The third-order valence-electron chi connectivity index (χ3n) is 5.44. The number of rotatable bonds is 12. The molecule has 0 saturated heterocycles. The number of ether oxygens (including phenoxy) is 4. The quantitative estimate of drug-likeness (QED) is 0.100. The van der Waals surface area contributed by atoms with Crippen LogP contribution in [0.1, 0.15) is 11.1 Å². The van der Waals surface area contributed by atoms with Crippen molar-refractivity contribution in [3.8, 4) is 34.5 Å². The normalized spacial score (nSPS) is 11.1. The van der Waals surface area contributed by atoms with Gasteiger partial charge >= 0.3 is 5.97 Å². The fourth-order valence-electron chi connectivity index (χ4n) is 3.45. The molecule has 0 spiro atoms. The Labute approximate surface area is 232 Å². The van der Waals surface area contributed by atoms with Gasteiger partial charge in [-0.15, -0.1) is 10.2 Å². The van der Waals surface area contributed by atoms with Crippen molar-refractivity contribution in [2.24, 2.45) is 0 Å². The first-order valence-electron chi connectivity index (χ1n) is 11.5. The number of hydrogen-bond acceptors (Lipinski definition) is 11. The van der Waals surface area contributed by atoms with E-state index >= 15 is 0 Å². The van der Waals surface area contributed by atoms with E-state index in [1.165, 1.54) is 39.5 Å². The van der Waals surface area contributed by atoms with Crippen molar-refractivity contribution in [2.45, 2.75) is 11.8 Å². The molecule has 0 unspecified atom stereocenters. The minimum atomic E-state index is -1.19. The van der Waals surface area contributed by atoms with Crippen LogP contribution in [0.2, 0.25) is 0 Å². The molecule has 1 heterocycles. The molecule has 12 nitrogen and oxygen atoms in total. The van der Waals surface area contributed by atoms with Crippen LogP contribution in [-0.4, -0.2) is 47.5 Å². The molecule has 1 aromatic heterocycles. The van der Waals surface area contributed by atoms with Gasteiger partial charge in [0.05, 0.1) is 26.3 Å². The van der Waals surface area contributed by atoms with E-state index in [1.807, 2.05) is 0 Å². The number of hydrogen-bond donors (Lipinski definition) is 1. The third-order valence-corrected chi connectivity index (χ3v) is 6.29. The predicted molar refractivity (Wildman–Crippen MR) is 145 cm³/mol. The van der Waals surface area contributed by atoms with E-state index in [0.29, 0.717) is 34.1 Å². The van der Waals surface area contributed by atoms with Crippen LogP contribution >= 0.6 is 11.8 Å². The molecule has 4 rings (SSSR count). The van der Waals surface area contributed by atoms with Crippen molar-refractivity contribution in [1.82, 2.24) is 10.2 Å². The molecule has 0 aliphatic heterocycles. The van der Waals surface area contributed by atoms with Crippen molar-refractivity contribution >= 4 is 29.5 Å². The van der Waals surface area contributed by atoms with E-state index in [-0.39, 0.29) is 28.3 Å². The van der Waals surface area contributed by atoms with Crippen LogP contribution in [0.15, 0.2) is 75.2 Å². The molecule has 4 aromatic rings. The third kappa shape index (κ3) is 6.88. The molecule has 3 aromatic carbocycles. The summed E-state index contributed by atoms with van der Waals surface area (Å²) in [7, 11) is 4.50. The van der Waals surface area contributed by atoms with Gasteiger partial charge in [0.15, 0.2) is 11.5 Å². The summed E-state index contributed by atoms with van der Waals surface area (Å²) in [6, 6.07) is 16.0. The molecule has 0 fully saturated rings. The van der Waals surface area contributed by atoms with Crippen LogP contribution in [0, 0.1) is 10.1 Å². The number of nitrogens with zero attached hydrogens (tertiary/aromatic N) is 3. The van der Waals surface area contributed by atoms with Gasteiger partial charge < -0.3 is 28.5 Å². The van der Waals surface area contributed by atoms with Crippen LogP contribution in [-0.2, 0) is 11.4 Å². The smallest absolute Gasteiger partial charge is 0.342 e. The molecule has 0 saturated carbocycles. The molecule has 0 aliphatic carbocycles. The molecular formula is C27H23N3O9S. The van der Waals surface area contributed by atoms with E-state index < -0.39 is 10.9 Å². The van der Waals surface area contributed by atoms with Crippen LogP contribution in [0.3, 0.4) is 0 Å². The Morgan fingerprint density at radius 2 is 1.68 bits per heavy atom. The number of carboxylic acid groups (broad SMARTS) is 1. The summed E-state index contributed by atoms with van der Waals surface area (Å²) in [5, 5.41) is 28.6. The summed E-state index contributed by atoms with van der Waals surface area (Å²) in [4.78, 5) is 22.3. The number of nitro groups is 1. The second kappa shape index (κ2) is 12.7. The van der Waals surface area contributed by atoms with Crippen molar-refractivity contribution in [3.63, 3.8) is 0 Å². The second-order valence-corrected chi connectivity index (χ2v) is 9.01. The lowest BCUT2D eigenvalue weighted by molar-refractivity contribution is -0.384. The number of aromatic nitrogens is 2. The zero-order valence-corrected chi connectivity index (χ0v) is 22.3. The highest BCUT2D eigenvalue weighted by Crippen LogP contribution is 2.35.